The first-order valence-electron chi connectivity index (χ1n) is 12.1. The second-order valence-corrected chi connectivity index (χ2v) is 9.44. The Morgan fingerprint density at radius 2 is 2.14 bits per heavy atom. The molecule has 1 amide bonds. The summed E-state index contributed by atoms with van der Waals surface area (Å²) in [7, 11) is 3.75. The maximum atomic E-state index is 13.3. The van der Waals surface area contributed by atoms with Crippen LogP contribution in [0.2, 0.25) is 0 Å². The van der Waals surface area contributed by atoms with Gasteiger partial charge in [-0.3, -0.25) is 9.89 Å². The lowest BCUT2D eigenvalue weighted by Crippen LogP contribution is -2.38. The van der Waals surface area contributed by atoms with Crippen molar-refractivity contribution in [2.75, 3.05) is 39.2 Å². The van der Waals surface area contributed by atoms with E-state index < -0.39 is 0 Å². The van der Waals surface area contributed by atoms with E-state index in [-0.39, 0.29) is 17.9 Å². The molecule has 0 unspecified atom stereocenters. The van der Waals surface area contributed by atoms with Gasteiger partial charge in [0.05, 0.1) is 24.9 Å². The second kappa shape index (κ2) is 10.00. The fourth-order valence-electron chi connectivity index (χ4n) is 4.83. The van der Waals surface area contributed by atoms with Gasteiger partial charge in [0.1, 0.15) is 30.0 Å². The zero-order valence-electron chi connectivity index (χ0n) is 20.5. The van der Waals surface area contributed by atoms with E-state index in [9.17, 15) is 4.79 Å². The molecule has 3 aromatic rings. The number of piperidine rings is 1. The average Bonchev–Trinajstić information content (AvgIpc) is 3.30. The first kappa shape index (κ1) is 23.2. The number of benzene rings is 2. The standard InChI is InChI=1S/C27H32N4O4/c1-17-23(14-28-30-17)18-6-8-24(26(13-18)35-22-5-4-10-31(2)15-22)29-27(32)20-11-19-12-21(33-3)7-9-25(19)34-16-20/h6-9,12-14,20,22H,4-5,10-11,15-16H2,1-3H3,(H,28,30)(H,29,32)/t20-,22-/m1/s1. The van der Waals surface area contributed by atoms with Crippen molar-refractivity contribution < 1.29 is 19.0 Å². The minimum Gasteiger partial charge on any atom is -0.497 e. The number of aryl methyl sites for hydroxylation is 1. The third-order valence-corrected chi connectivity index (χ3v) is 6.80. The van der Waals surface area contributed by atoms with Gasteiger partial charge in [0.15, 0.2) is 0 Å². The molecular weight excluding hydrogens is 444 g/mol. The molecule has 0 saturated carbocycles. The van der Waals surface area contributed by atoms with Crippen molar-refractivity contribution in [1.82, 2.24) is 15.1 Å². The number of H-pyrrole nitrogens is 1. The number of carbonyl (C=O) groups is 1. The maximum absolute atomic E-state index is 13.3. The van der Waals surface area contributed by atoms with Crippen molar-refractivity contribution in [1.29, 1.82) is 0 Å². The van der Waals surface area contributed by atoms with Crippen LogP contribution in [0, 0.1) is 12.8 Å². The molecule has 5 rings (SSSR count). The number of aromatic nitrogens is 2. The van der Waals surface area contributed by atoms with Crippen molar-refractivity contribution >= 4 is 11.6 Å². The zero-order valence-corrected chi connectivity index (χ0v) is 20.5. The van der Waals surface area contributed by atoms with Gasteiger partial charge < -0.3 is 24.4 Å². The number of hydrogen-bond donors (Lipinski definition) is 2. The van der Waals surface area contributed by atoms with Crippen LogP contribution in [0.25, 0.3) is 11.1 Å². The van der Waals surface area contributed by atoms with Gasteiger partial charge in [-0.25, -0.2) is 0 Å². The lowest BCUT2D eigenvalue weighted by molar-refractivity contribution is -0.121. The minimum absolute atomic E-state index is 0.0717. The highest BCUT2D eigenvalue weighted by Gasteiger charge is 2.28. The molecule has 0 radical (unpaired) electrons. The summed E-state index contributed by atoms with van der Waals surface area (Å²) >= 11 is 0. The van der Waals surface area contributed by atoms with Crippen LogP contribution in [0.5, 0.6) is 17.2 Å². The number of likely N-dealkylation sites (N-methyl/N-ethyl adjacent to an activating group) is 1. The Hall–Kier alpha value is -3.52. The van der Waals surface area contributed by atoms with Crippen molar-refractivity contribution in [2.24, 2.45) is 5.92 Å². The first-order valence-corrected chi connectivity index (χ1v) is 12.1. The van der Waals surface area contributed by atoms with Gasteiger partial charge in [-0.1, -0.05) is 6.07 Å². The zero-order chi connectivity index (χ0) is 24.4. The van der Waals surface area contributed by atoms with Gasteiger partial charge in [-0.15, -0.1) is 0 Å². The summed E-state index contributed by atoms with van der Waals surface area (Å²) in [5.74, 6) is 1.85. The lowest BCUT2D eigenvalue weighted by Gasteiger charge is -2.31. The van der Waals surface area contributed by atoms with Crippen LogP contribution >= 0.6 is 0 Å². The number of carbonyl (C=O) groups excluding carboxylic acids is 1. The maximum Gasteiger partial charge on any atom is 0.231 e. The van der Waals surface area contributed by atoms with Gasteiger partial charge in [0.2, 0.25) is 5.91 Å². The number of rotatable bonds is 6. The van der Waals surface area contributed by atoms with E-state index in [4.69, 9.17) is 14.2 Å². The van der Waals surface area contributed by atoms with Crippen LogP contribution < -0.4 is 19.5 Å². The number of anilines is 1. The van der Waals surface area contributed by atoms with E-state index in [0.717, 1.165) is 59.8 Å². The fourth-order valence-corrected chi connectivity index (χ4v) is 4.83. The largest absolute Gasteiger partial charge is 0.497 e. The predicted molar refractivity (Wildman–Crippen MR) is 134 cm³/mol. The number of nitrogens with one attached hydrogen (secondary N) is 2. The molecule has 0 bridgehead atoms. The fraction of sp³-hybridized carbons (Fsp3) is 0.407. The number of fused-ring (bicyclic) bond motifs is 1. The summed E-state index contributed by atoms with van der Waals surface area (Å²) in [6, 6.07) is 11.6. The summed E-state index contributed by atoms with van der Waals surface area (Å²) in [6.45, 7) is 4.26. The molecule has 2 N–H and O–H groups in total. The number of aromatic amines is 1. The molecule has 1 fully saturated rings. The van der Waals surface area contributed by atoms with E-state index in [1.54, 1.807) is 7.11 Å². The normalized spacial score (nSPS) is 20.0. The van der Waals surface area contributed by atoms with Crippen molar-refractivity contribution in [2.45, 2.75) is 32.3 Å². The van der Waals surface area contributed by atoms with Crippen LogP contribution in [-0.4, -0.2) is 61.0 Å². The summed E-state index contributed by atoms with van der Waals surface area (Å²) in [4.78, 5) is 15.6. The van der Waals surface area contributed by atoms with E-state index in [1.807, 2.05) is 49.5 Å². The predicted octanol–water partition coefficient (Wildman–Crippen LogP) is 4.06. The molecule has 2 aliphatic rings. The Labute approximate surface area is 205 Å². The van der Waals surface area contributed by atoms with Crippen LogP contribution in [0.15, 0.2) is 42.6 Å². The molecular formula is C27H32N4O4. The smallest absolute Gasteiger partial charge is 0.231 e. The highest BCUT2D eigenvalue weighted by Crippen LogP contribution is 2.35. The van der Waals surface area contributed by atoms with Crippen molar-refractivity contribution in [3.05, 3.63) is 53.9 Å². The summed E-state index contributed by atoms with van der Waals surface area (Å²) < 4.78 is 17.7. The summed E-state index contributed by atoms with van der Waals surface area (Å²) in [5, 5.41) is 10.3. The van der Waals surface area contributed by atoms with Gasteiger partial charge >= 0.3 is 0 Å². The molecule has 2 aromatic carbocycles. The summed E-state index contributed by atoms with van der Waals surface area (Å²) in [6.07, 6.45) is 4.55. The molecule has 3 heterocycles. The lowest BCUT2D eigenvalue weighted by atomic mass is 9.95. The van der Waals surface area contributed by atoms with Gasteiger partial charge in [0.25, 0.3) is 0 Å². The molecule has 0 aliphatic carbocycles. The number of hydrogen-bond acceptors (Lipinski definition) is 6. The highest BCUT2D eigenvalue weighted by molar-refractivity contribution is 5.95. The molecule has 1 saturated heterocycles. The highest BCUT2D eigenvalue weighted by atomic mass is 16.5. The Morgan fingerprint density at radius 3 is 2.91 bits per heavy atom. The van der Waals surface area contributed by atoms with Gasteiger partial charge in [0, 0.05) is 17.8 Å². The molecule has 184 valence electrons. The van der Waals surface area contributed by atoms with Crippen molar-refractivity contribution in [3.63, 3.8) is 0 Å². The van der Waals surface area contributed by atoms with E-state index in [0.29, 0.717) is 24.5 Å². The Kier molecular flexibility index (Phi) is 6.63. The average molecular weight is 477 g/mol. The first-order chi connectivity index (χ1) is 17.0. The van der Waals surface area contributed by atoms with Crippen LogP contribution in [0.4, 0.5) is 5.69 Å². The molecule has 35 heavy (non-hydrogen) atoms. The van der Waals surface area contributed by atoms with E-state index in [1.165, 1.54) is 0 Å². The van der Waals surface area contributed by atoms with Gasteiger partial charge in [-0.05, 0) is 81.2 Å². The molecule has 2 atom stereocenters. The number of methoxy groups -OCH3 is 1. The SMILES string of the molecule is COc1ccc2c(c1)C[C@@H](C(=O)Nc1ccc(-c3cn[nH]c3C)cc1O[C@@H]1CCCN(C)C1)CO2. The van der Waals surface area contributed by atoms with Crippen molar-refractivity contribution in [3.8, 4) is 28.4 Å². The monoisotopic (exact) mass is 476 g/mol. The third-order valence-electron chi connectivity index (χ3n) is 6.80. The van der Waals surface area contributed by atoms with Crippen LogP contribution in [-0.2, 0) is 11.2 Å². The molecule has 1 aromatic heterocycles. The second-order valence-electron chi connectivity index (χ2n) is 9.44. The Morgan fingerprint density at radius 1 is 1.26 bits per heavy atom. The van der Waals surface area contributed by atoms with E-state index in [2.05, 4.69) is 27.5 Å². The number of likely N-dealkylation sites (tertiary alicyclic amines) is 1. The van der Waals surface area contributed by atoms with Gasteiger partial charge in [-0.2, -0.15) is 5.10 Å². The molecule has 2 aliphatic heterocycles. The number of ether oxygens (including phenoxy) is 3. The quantitative estimate of drug-likeness (QED) is 0.558. The van der Waals surface area contributed by atoms with Crippen LogP contribution in [0.3, 0.4) is 0 Å². The summed E-state index contributed by atoms with van der Waals surface area (Å²) in [5.41, 5.74) is 4.64. The molecule has 0 spiro atoms. The minimum atomic E-state index is -0.306. The Balaban J connectivity index is 1.37. The Bertz CT molecular complexity index is 1210. The van der Waals surface area contributed by atoms with E-state index >= 15 is 0 Å². The third kappa shape index (κ3) is 5.12. The number of nitrogens with zero attached hydrogens (tertiary/aromatic N) is 2. The topological polar surface area (TPSA) is 88.7 Å². The van der Waals surface area contributed by atoms with Crippen LogP contribution in [0.1, 0.15) is 24.1 Å². The number of amides is 1. The molecule has 8 heteroatoms. The molecule has 8 nitrogen and oxygen atoms in total.